The molecule has 0 fully saturated rings. The van der Waals surface area contributed by atoms with E-state index in [4.69, 9.17) is 0 Å². The summed E-state index contributed by atoms with van der Waals surface area (Å²) in [6.07, 6.45) is 0.273. The molecular formula is C20H23NO3. The Bertz CT molecular complexity index is 665. The molecule has 0 saturated heterocycles. The van der Waals surface area contributed by atoms with Crippen LogP contribution in [0.2, 0.25) is 0 Å². The number of hydrogen-bond donors (Lipinski definition) is 1. The predicted octanol–water partition coefficient (Wildman–Crippen LogP) is 3.53. The van der Waals surface area contributed by atoms with E-state index in [2.05, 4.69) is 53.4 Å². The minimum atomic E-state index is -0.366. The zero-order chi connectivity index (χ0) is 17.4. The minimum absolute atomic E-state index is 0.114. The molecule has 0 aliphatic rings. The molecule has 1 N–H and O–H groups in total. The van der Waals surface area contributed by atoms with E-state index in [1.54, 1.807) is 0 Å². The van der Waals surface area contributed by atoms with Crippen LogP contribution in [0.15, 0.2) is 54.6 Å². The molecule has 1 unspecified atom stereocenters. The van der Waals surface area contributed by atoms with Crippen molar-refractivity contribution < 1.29 is 14.3 Å². The normalized spacial score (nSPS) is 11.6. The van der Waals surface area contributed by atoms with Crippen molar-refractivity contribution in [3.05, 3.63) is 60.2 Å². The molecule has 0 aromatic heterocycles. The lowest BCUT2D eigenvalue weighted by molar-refractivity contribution is -0.142. The molecule has 0 aliphatic heterocycles. The van der Waals surface area contributed by atoms with Crippen LogP contribution in [0.4, 0.5) is 0 Å². The first-order valence-electron chi connectivity index (χ1n) is 8.09. The summed E-state index contributed by atoms with van der Waals surface area (Å²) in [6, 6.07) is 18.6. The summed E-state index contributed by atoms with van der Waals surface area (Å²) in [4.78, 5) is 22.7. The van der Waals surface area contributed by atoms with Crippen molar-refractivity contribution in [1.29, 1.82) is 0 Å². The highest BCUT2D eigenvalue weighted by Crippen LogP contribution is 2.22. The lowest BCUT2D eigenvalue weighted by Gasteiger charge is -2.14. The predicted molar refractivity (Wildman–Crippen MR) is 94.6 cm³/mol. The number of ether oxygens (including phenoxy) is 1. The van der Waals surface area contributed by atoms with Gasteiger partial charge in [0.1, 0.15) is 0 Å². The van der Waals surface area contributed by atoms with E-state index in [9.17, 15) is 9.59 Å². The second-order valence-electron chi connectivity index (χ2n) is 5.77. The van der Waals surface area contributed by atoms with Gasteiger partial charge >= 0.3 is 5.97 Å². The lowest BCUT2D eigenvalue weighted by Crippen LogP contribution is -2.27. The molecule has 4 nitrogen and oxygen atoms in total. The van der Waals surface area contributed by atoms with Crippen LogP contribution >= 0.6 is 0 Å². The molecule has 4 heteroatoms. The molecule has 1 amide bonds. The van der Waals surface area contributed by atoms with Crippen LogP contribution in [0.1, 0.15) is 31.2 Å². The van der Waals surface area contributed by atoms with Gasteiger partial charge in [0.05, 0.1) is 13.5 Å². The number of carbonyl (C=O) groups excluding carboxylic acids is 2. The molecule has 0 heterocycles. The molecule has 2 aromatic rings. The van der Waals surface area contributed by atoms with Crippen molar-refractivity contribution in [3.63, 3.8) is 0 Å². The Balaban J connectivity index is 1.85. The Hall–Kier alpha value is -2.62. The number of methoxy groups -OCH3 is 1. The van der Waals surface area contributed by atoms with Crippen molar-refractivity contribution in [2.45, 2.75) is 25.7 Å². The van der Waals surface area contributed by atoms with Crippen LogP contribution in [0, 0.1) is 0 Å². The number of nitrogens with one attached hydrogen (secondary N) is 1. The molecule has 2 aromatic carbocycles. The van der Waals surface area contributed by atoms with Gasteiger partial charge in [-0.25, -0.2) is 0 Å². The minimum Gasteiger partial charge on any atom is -0.469 e. The highest BCUT2D eigenvalue weighted by Gasteiger charge is 2.10. The van der Waals surface area contributed by atoms with Crippen molar-refractivity contribution >= 4 is 11.9 Å². The largest absolute Gasteiger partial charge is 0.469 e. The highest BCUT2D eigenvalue weighted by atomic mass is 16.5. The standard InChI is InChI=1S/C20H23NO3/c1-15(14-21-19(22)12-13-20(23)24-2)16-8-10-18(11-9-16)17-6-4-3-5-7-17/h3-11,15H,12-14H2,1-2H3,(H,21,22). The van der Waals surface area contributed by atoms with Gasteiger partial charge in [0.2, 0.25) is 5.91 Å². The van der Waals surface area contributed by atoms with Gasteiger partial charge < -0.3 is 10.1 Å². The maximum Gasteiger partial charge on any atom is 0.306 e. The summed E-state index contributed by atoms with van der Waals surface area (Å²) in [6.45, 7) is 2.61. The first-order valence-corrected chi connectivity index (χ1v) is 8.09. The third-order valence-electron chi connectivity index (χ3n) is 3.98. The summed E-state index contributed by atoms with van der Waals surface area (Å²) < 4.78 is 4.52. The zero-order valence-electron chi connectivity index (χ0n) is 14.1. The summed E-state index contributed by atoms with van der Waals surface area (Å²) in [5, 5.41) is 2.86. The molecule has 126 valence electrons. The fourth-order valence-corrected chi connectivity index (χ4v) is 2.43. The van der Waals surface area contributed by atoms with Crippen LogP contribution in [-0.4, -0.2) is 25.5 Å². The third-order valence-corrected chi connectivity index (χ3v) is 3.98. The third kappa shape index (κ3) is 5.23. The highest BCUT2D eigenvalue weighted by molar-refractivity contribution is 5.81. The number of esters is 1. The van der Waals surface area contributed by atoms with Gasteiger partial charge in [-0.15, -0.1) is 0 Å². The van der Waals surface area contributed by atoms with Gasteiger partial charge in [-0.2, -0.15) is 0 Å². The Morgan fingerprint density at radius 2 is 1.58 bits per heavy atom. The van der Waals surface area contributed by atoms with Gasteiger partial charge in [-0.3, -0.25) is 9.59 Å². The van der Waals surface area contributed by atoms with E-state index in [0.717, 1.165) is 0 Å². The van der Waals surface area contributed by atoms with Gasteiger partial charge in [0, 0.05) is 13.0 Å². The average molecular weight is 325 g/mol. The van der Waals surface area contributed by atoms with Crippen molar-refractivity contribution in [2.24, 2.45) is 0 Å². The maximum absolute atomic E-state index is 11.7. The topological polar surface area (TPSA) is 55.4 Å². The van der Waals surface area contributed by atoms with Gasteiger partial charge in [-0.1, -0.05) is 61.5 Å². The molecular weight excluding hydrogens is 302 g/mol. The Morgan fingerprint density at radius 1 is 0.958 bits per heavy atom. The second-order valence-corrected chi connectivity index (χ2v) is 5.77. The van der Waals surface area contributed by atoms with Crippen LogP contribution < -0.4 is 5.32 Å². The van der Waals surface area contributed by atoms with Crippen LogP contribution in [-0.2, 0) is 14.3 Å². The second kappa shape index (κ2) is 8.87. The molecule has 0 aliphatic carbocycles. The van der Waals surface area contributed by atoms with E-state index in [0.29, 0.717) is 6.54 Å². The number of carbonyl (C=O) groups is 2. The SMILES string of the molecule is COC(=O)CCC(=O)NCC(C)c1ccc(-c2ccccc2)cc1. The molecule has 0 saturated carbocycles. The fraction of sp³-hybridized carbons (Fsp3) is 0.300. The van der Waals surface area contributed by atoms with Crippen molar-refractivity contribution in [1.82, 2.24) is 5.32 Å². The molecule has 0 spiro atoms. The van der Waals surface area contributed by atoms with Crippen molar-refractivity contribution in [2.75, 3.05) is 13.7 Å². The molecule has 2 rings (SSSR count). The van der Waals surface area contributed by atoms with E-state index < -0.39 is 0 Å². The summed E-state index contributed by atoms with van der Waals surface area (Å²) in [7, 11) is 1.32. The number of benzene rings is 2. The van der Waals surface area contributed by atoms with E-state index in [-0.39, 0.29) is 30.6 Å². The number of amides is 1. The number of hydrogen-bond acceptors (Lipinski definition) is 3. The van der Waals surface area contributed by atoms with Crippen molar-refractivity contribution in [3.8, 4) is 11.1 Å². The summed E-state index contributed by atoms with van der Waals surface area (Å²) >= 11 is 0. The molecule has 0 bridgehead atoms. The van der Waals surface area contributed by atoms with Gasteiger partial charge in [0.25, 0.3) is 0 Å². The van der Waals surface area contributed by atoms with E-state index in [1.807, 2.05) is 18.2 Å². The molecule has 0 radical (unpaired) electrons. The Kier molecular flexibility index (Phi) is 6.55. The molecule has 1 atom stereocenters. The maximum atomic E-state index is 11.7. The zero-order valence-corrected chi connectivity index (χ0v) is 14.1. The van der Waals surface area contributed by atoms with E-state index in [1.165, 1.54) is 23.8 Å². The number of rotatable bonds is 7. The van der Waals surface area contributed by atoms with Gasteiger partial charge in [0.15, 0.2) is 0 Å². The van der Waals surface area contributed by atoms with Crippen LogP contribution in [0.25, 0.3) is 11.1 Å². The lowest BCUT2D eigenvalue weighted by atomic mass is 9.97. The summed E-state index contributed by atoms with van der Waals surface area (Å²) in [5.74, 6) is -0.292. The van der Waals surface area contributed by atoms with Crippen LogP contribution in [0.3, 0.4) is 0 Å². The fourth-order valence-electron chi connectivity index (χ4n) is 2.43. The Morgan fingerprint density at radius 3 is 2.21 bits per heavy atom. The molecule has 24 heavy (non-hydrogen) atoms. The monoisotopic (exact) mass is 325 g/mol. The quantitative estimate of drug-likeness (QED) is 0.792. The Labute approximate surface area is 142 Å². The average Bonchev–Trinajstić information content (AvgIpc) is 2.64. The van der Waals surface area contributed by atoms with E-state index >= 15 is 0 Å². The summed E-state index contributed by atoms with van der Waals surface area (Å²) in [5.41, 5.74) is 3.53. The first kappa shape index (κ1) is 17.7. The van der Waals surface area contributed by atoms with Crippen LogP contribution in [0.5, 0.6) is 0 Å². The van der Waals surface area contributed by atoms with Gasteiger partial charge in [-0.05, 0) is 22.6 Å². The first-order chi connectivity index (χ1) is 11.6. The smallest absolute Gasteiger partial charge is 0.306 e.